The fourth-order valence-corrected chi connectivity index (χ4v) is 10.0. The molecule has 1 aliphatic heterocycles. The van der Waals surface area contributed by atoms with Crippen LogP contribution in [0.3, 0.4) is 0 Å². The number of phenols is 1. The van der Waals surface area contributed by atoms with E-state index in [2.05, 4.69) is 11.8 Å². The number of hydrogen-bond donors (Lipinski definition) is 2. The van der Waals surface area contributed by atoms with Crippen LogP contribution in [0.5, 0.6) is 5.75 Å². The summed E-state index contributed by atoms with van der Waals surface area (Å²) in [4.78, 5) is 2.45. The molecule has 4 aliphatic rings. The zero-order valence-corrected chi connectivity index (χ0v) is 27.4. The second-order valence-corrected chi connectivity index (χ2v) is 15.5. The van der Waals surface area contributed by atoms with E-state index in [9.17, 15) is 32.2 Å². The van der Waals surface area contributed by atoms with Crippen LogP contribution in [0.1, 0.15) is 121 Å². The standard InChI is InChI=1S/C35H50ClF6NO2/c1-32-21-27(37)30-24-13-14-28(44)31(36)25(24)20-22(29(30)26(32)15-17-33(32,2)45)10-5-4-8-18-43-19-9-12-23(43)11-6-3-7-16-34(38,39)35(40,41)42/h13-14,22-23,26-27,29-30,44-45H,3-12,15-21H2,1-2H3/t22?,23-,26+,27+,29+,30+,32+,33-/m1/s1. The molecule has 5 rings (SSSR count). The van der Waals surface area contributed by atoms with Gasteiger partial charge in [-0.2, -0.15) is 22.0 Å². The van der Waals surface area contributed by atoms with Gasteiger partial charge in [-0.05, 0) is 119 Å². The Labute approximate surface area is 269 Å². The third-order valence-electron chi connectivity index (χ3n) is 12.5. The molecule has 8 atom stereocenters. The fraction of sp³-hybridized carbons (Fsp3) is 0.829. The first-order chi connectivity index (χ1) is 21.1. The summed E-state index contributed by atoms with van der Waals surface area (Å²) in [5, 5.41) is 22.0. The molecular formula is C35H50ClF6NO2. The molecule has 2 N–H and O–H groups in total. The van der Waals surface area contributed by atoms with Crippen molar-refractivity contribution in [2.45, 2.75) is 146 Å². The Morgan fingerprint density at radius 2 is 1.69 bits per heavy atom. The highest BCUT2D eigenvalue weighted by Gasteiger charge is 2.64. The van der Waals surface area contributed by atoms with Crippen LogP contribution < -0.4 is 0 Å². The van der Waals surface area contributed by atoms with Gasteiger partial charge in [0, 0.05) is 23.8 Å². The van der Waals surface area contributed by atoms with Crippen LogP contribution in [0.4, 0.5) is 26.3 Å². The van der Waals surface area contributed by atoms with Crippen molar-refractivity contribution in [2.75, 3.05) is 13.1 Å². The van der Waals surface area contributed by atoms with Gasteiger partial charge in [-0.1, -0.05) is 50.3 Å². The molecule has 45 heavy (non-hydrogen) atoms. The SMILES string of the molecule is C[C@]12C[C@H](F)[C@@H]3c4ccc(O)c(Cl)c4CC(CCCCCN4CCC[C@H]4CCCCCC(F)(F)C(F)(F)F)[C@H]3[C@@H]1CC[C@@]2(C)O. The second-order valence-electron chi connectivity index (χ2n) is 15.1. The molecule has 3 aliphatic carbocycles. The number of alkyl halides is 6. The van der Waals surface area contributed by atoms with E-state index in [-0.39, 0.29) is 35.8 Å². The predicted octanol–water partition coefficient (Wildman–Crippen LogP) is 10.00. The molecular weight excluding hydrogens is 616 g/mol. The van der Waals surface area contributed by atoms with Crippen LogP contribution in [0.25, 0.3) is 0 Å². The maximum atomic E-state index is 16.2. The van der Waals surface area contributed by atoms with E-state index in [1.165, 1.54) is 0 Å². The highest BCUT2D eigenvalue weighted by atomic mass is 35.5. The first-order valence-electron chi connectivity index (χ1n) is 17.1. The summed E-state index contributed by atoms with van der Waals surface area (Å²) in [5.74, 6) is -4.31. The molecule has 0 bridgehead atoms. The summed E-state index contributed by atoms with van der Waals surface area (Å²) in [6.07, 6.45) is 2.67. The van der Waals surface area contributed by atoms with Gasteiger partial charge in [0.15, 0.2) is 0 Å². The Balaban J connectivity index is 1.14. The lowest BCUT2D eigenvalue weighted by Gasteiger charge is -2.56. The first kappa shape index (κ1) is 35.1. The van der Waals surface area contributed by atoms with E-state index in [0.29, 0.717) is 43.2 Å². The lowest BCUT2D eigenvalue weighted by Crippen LogP contribution is -2.55. The normalized spacial score (nSPS) is 35.3. The van der Waals surface area contributed by atoms with Crippen molar-refractivity contribution in [1.82, 2.24) is 4.90 Å². The minimum Gasteiger partial charge on any atom is -0.506 e. The number of unbranched alkanes of at least 4 members (excludes halogenated alkanes) is 4. The Morgan fingerprint density at radius 1 is 0.978 bits per heavy atom. The smallest absolute Gasteiger partial charge is 0.453 e. The highest BCUT2D eigenvalue weighted by molar-refractivity contribution is 6.32. The van der Waals surface area contributed by atoms with Crippen molar-refractivity contribution in [3.63, 3.8) is 0 Å². The number of nitrogens with zero attached hydrogens (tertiary/aromatic N) is 1. The van der Waals surface area contributed by atoms with Gasteiger partial charge in [-0.25, -0.2) is 4.39 Å². The van der Waals surface area contributed by atoms with Crippen molar-refractivity contribution in [3.05, 3.63) is 28.3 Å². The van der Waals surface area contributed by atoms with Crippen molar-refractivity contribution in [1.29, 1.82) is 0 Å². The molecule has 1 saturated heterocycles. The Bertz CT molecular complexity index is 1180. The fourth-order valence-electron chi connectivity index (χ4n) is 9.77. The summed E-state index contributed by atoms with van der Waals surface area (Å²) in [6, 6.07) is 3.80. The van der Waals surface area contributed by atoms with Crippen LogP contribution in [-0.4, -0.2) is 58.1 Å². The highest BCUT2D eigenvalue weighted by Crippen LogP contribution is 2.66. The molecule has 1 aromatic rings. The number of phenolic OH excluding ortho intramolecular Hbond substituents is 1. The van der Waals surface area contributed by atoms with Gasteiger partial charge in [0.1, 0.15) is 11.9 Å². The Kier molecular flexibility index (Phi) is 10.4. The molecule has 1 unspecified atom stereocenters. The van der Waals surface area contributed by atoms with E-state index in [4.69, 9.17) is 11.6 Å². The molecule has 0 amide bonds. The number of benzene rings is 1. The van der Waals surface area contributed by atoms with Crippen LogP contribution >= 0.6 is 11.6 Å². The minimum atomic E-state index is -5.47. The quantitative estimate of drug-likeness (QED) is 0.173. The van der Waals surface area contributed by atoms with E-state index >= 15 is 4.39 Å². The number of halogens is 7. The van der Waals surface area contributed by atoms with Crippen molar-refractivity contribution in [3.8, 4) is 5.75 Å². The maximum Gasteiger partial charge on any atom is 0.453 e. The Hall–Kier alpha value is -1.19. The molecule has 256 valence electrons. The Morgan fingerprint density at radius 3 is 2.42 bits per heavy atom. The summed E-state index contributed by atoms with van der Waals surface area (Å²) >= 11 is 6.60. The minimum absolute atomic E-state index is 0.0342. The average molecular weight is 666 g/mol. The van der Waals surface area contributed by atoms with Gasteiger partial charge in [0.25, 0.3) is 0 Å². The summed E-state index contributed by atoms with van der Waals surface area (Å²) < 4.78 is 79.7. The van der Waals surface area contributed by atoms with Crippen molar-refractivity contribution >= 4 is 11.6 Å². The van der Waals surface area contributed by atoms with Crippen molar-refractivity contribution < 1.29 is 36.6 Å². The van der Waals surface area contributed by atoms with Gasteiger partial charge in [-0.15, -0.1) is 0 Å². The van der Waals surface area contributed by atoms with Crippen LogP contribution in [0.2, 0.25) is 5.02 Å². The van der Waals surface area contributed by atoms with Crippen LogP contribution in [0, 0.1) is 23.2 Å². The molecule has 3 nitrogen and oxygen atoms in total. The second kappa shape index (κ2) is 13.4. The largest absolute Gasteiger partial charge is 0.506 e. The van der Waals surface area contributed by atoms with E-state index < -0.39 is 35.7 Å². The molecule has 0 aromatic heterocycles. The summed E-state index contributed by atoms with van der Waals surface area (Å²) in [5.41, 5.74) is 0.425. The van der Waals surface area contributed by atoms with Gasteiger partial charge in [-0.3, -0.25) is 0 Å². The lowest BCUT2D eigenvalue weighted by molar-refractivity contribution is -0.284. The molecule has 0 radical (unpaired) electrons. The topological polar surface area (TPSA) is 43.7 Å². The monoisotopic (exact) mass is 665 g/mol. The molecule has 1 aromatic carbocycles. The number of rotatable bonds is 12. The third-order valence-corrected chi connectivity index (χ3v) is 12.9. The number of hydrogen-bond acceptors (Lipinski definition) is 3. The van der Waals surface area contributed by atoms with Crippen molar-refractivity contribution in [2.24, 2.45) is 23.2 Å². The third kappa shape index (κ3) is 6.88. The van der Waals surface area contributed by atoms with Gasteiger partial charge in [0.05, 0.1) is 10.6 Å². The maximum absolute atomic E-state index is 16.2. The summed E-state index contributed by atoms with van der Waals surface area (Å²) in [6.45, 7) is 5.87. The number of aromatic hydroxyl groups is 1. The van der Waals surface area contributed by atoms with E-state index in [1.807, 2.05) is 13.0 Å². The molecule has 3 fully saturated rings. The van der Waals surface area contributed by atoms with Gasteiger partial charge in [0.2, 0.25) is 0 Å². The number of fused-ring (bicyclic) bond motifs is 5. The molecule has 1 heterocycles. The first-order valence-corrected chi connectivity index (χ1v) is 17.5. The molecule has 10 heteroatoms. The lowest BCUT2D eigenvalue weighted by atomic mass is 9.50. The average Bonchev–Trinajstić information content (AvgIpc) is 3.49. The van der Waals surface area contributed by atoms with E-state index in [0.717, 1.165) is 75.6 Å². The number of likely N-dealkylation sites (tertiary alicyclic amines) is 1. The zero-order chi connectivity index (χ0) is 32.8. The number of aliphatic hydroxyl groups is 1. The van der Waals surface area contributed by atoms with E-state index in [1.54, 1.807) is 6.07 Å². The van der Waals surface area contributed by atoms with Gasteiger partial charge < -0.3 is 15.1 Å². The van der Waals surface area contributed by atoms with Gasteiger partial charge >= 0.3 is 12.1 Å². The van der Waals surface area contributed by atoms with Crippen LogP contribution in [-0.2, 0) is 6.42 Å². The summed E-state index contributed by atoms with van der Waals surface area (Å²) in [7, 11) is 0. The van der Waals surface area contributed by atoms with Crippen LogP contribution in [0.15, 0.2) is 12.1 Å². The molecule has 0 spiro atoms. The molecule has 2 saturated carbocycles. The predicted molar refractivity (Wildman–Crippen MR) is 165 cm³/mol. The zero-order valence-electron chi connectivity index (χ0n) is 26.6.